The smallest absolute Gasteiger partial charge is 0.293 e. The van der Waals surface area contributed by atoms with Crippen LogP contribution in [-0.2, 0) is 16.0 Å². The lowest BCUT2D eigenvalue weighted by molar-refractivity contribution is -0.129. The topological polar surface area (TPSA) is 39.2 Å². The van der Waals surface area contributed by atoms with E-state index in [1.54, 1.807) is 6.20 Å². The van der Waals surface area contributed by atoms with Crippen molar-refractivity contribution < 1.29 is 9.53 Å². The van der Waals surface area contributed by atoms with Gasteiger partial charge in [0.1, 0.15) is 0 Å². The summed E-state index contributed by atoms with van der Waals surface area (Å²) in [7, 11) is 0. The van der Waals surface area contributed by atoms with Gasteiger partial charge in [-0.15, -0.1) is 0 Å². The highest BCUT2D eigenvalue weighted by molar-refractivity contribution is 5.36. The van der Waals surface area contributed by atoms with E-state index in [4.69, 9.17) is 0 Å². The molecule has 0 aliphatic carbocycles. The minimum absolute atomic E-state index is 0.342. The van der Waals surface area contributed by atoms with E-state index in [9.17, 15) is 4.79 Å². The number of hydrogen-bond donors (Lipinski definition) is 0. The molecular formula is C10H13NO2. The van der Waals surface area contributed by atoms with Crippen molar-refractivity contribution >= 4 is 6.47 Å². The van der Waals surface area contributed by atoms with E-state index >= 15 is 0 Å². The van der Waals surface area contributed by atoms with Gasteiger partial charge in [-0.05, 0) is 24.0 Å². The minimum Gasteiger partial charge on any atom is -0.468 e. The van der Waals surface area contributed by atoms with Crippen molar-refractivity contribution in [2.45, 2.75) is 13.3 Å². The summed E-state index contributed by atoms with van der Waals surface area (Å²) in [5.74, 6) is 0.342. The van der Waals surface area contributed by atoms with Crippen molar-refractivity contribution in [2.24, 2.45) is 5.92 Å². The van der Waals surface area contributed by atoms with Gasteiger partial charge in [-0.25, -0.2) is 0 Å². The summed E-state index contributed by atoms with van der Waals surface area (Å²) in [4.78, 5) is 13.9. The number of nitrogens with zero attached hydrogens (tertiary/aromatic N) is 1. The molecule has 0 fully saturated rings. The molecule has 1 aromatic rings. The molecule has 0 aliphatic rings. The molecule has 3 heteroatoms. The molecule has 1 atom stereocenters. The van der Waals surface area contributed by atoms with E-state index in [2.05, 4.69) is 9.72 Å². The Morgan fingerprint density at radius 3 is 3.15 bits per heavy atom. The molecule has 0 saturated carbocycles. The molecule has 0 bridgehead atoms. The van der Waals surface area contributed by atoms with Crippen molar-refractivity contribution in [3.63, 3.8) is 0 Å². The van der Waals surface area contributed by atoms with Crippen LogP contribution in [0.1, 0.15) is 12.5 Å². The molecule has 1 rings (SSSR count). The largest absolute Gasteiger partial charge is 0.468 e. The van der Waals surface area contributed by atoms with Crippen molar-refractivity contribution in [1.82, 2.24) is 4.98 Å². The summed E-state index contributed by atoms with van der Waals surface area (Å²) >= 11 is 0. The van der Waals surface area contributed by atoms with E-state index in [-0.39, 0.29) is 0 Å². The molecule has 0 spiro atoms. The molecule has 0 N–H and O–H groups in total. The van der Waals surface area contributed by atoms with Crippen LogP contribution < -0.4 is 0 Å². The number of carbonyl (C=O) groups excluding carboxylic acids is 1. The van der Waals surface area contributed by atoms with Crippen LogP contribution in [0.15, 0.2) is 24.5 Å². The molecule has 0 aromatic carbocycles. The van der Waals surface area contributed by atoms with Crippen LogP contribution in [0.5, 0.6) is 0 Å². The first-order valence-electron chi connectivity index (χ1n) is 4.27. The molecule has 13 heavy (non-hydrogen) atoms. The standard InChI is InChI=1S/C10H13NO2/c1-9(7-13-8-12)5-10-3-2-4-11-6-10/h2-4,6,8-9H,5,7H2,1H3. The summed E-state index contributed by atoms with van der Waals surface area (Å²) in [6, 6.07) is 3.92. The average molecular weight is 179 g/mol. The third-order valence-corrected chi connectivity index (χ3v) is 1.76. The highest BCUT2D eigenvalue weighted by Gasteiger charge is 2.03. The molecular weight excluding hydrogens is 166 g/mol. The van der Waals surface area contributed by atoms with Crippen LogP contribution in [0.2, 0.25) is 0 Å². The summed E-state index contributed by atoms with van der Waals surface area (Å²) < 4.78 is 4.67. The van der Waals surface area contributed by atoms with Gasteiger partial charge in [-0.3, -0.25) is 9.78 Å². The SMILES string of the molecule is CC(COC=O)Cc1cccnc1. The lowest BCUT2D eigenvalue weighted by atomic mass is 10.0. The Labute approximate surface area is 77.8 Å². The zero-order chi connectivity index (χ0) is 9.52. The van der Waals surface area contributed by atoms with Crippen LogP contribution >= 0.6 is 0 Å². The first-order valence-corrected chi connectivity index (χ1v) is 4.27. The second-order valence-electron chi connectivity index (χ2n) is 3.10. The maximum atomic E-state index is 9.93. The Kier molecular flexibility index (Phi) is 3.96. The Morgan fingerprint density at radius 1 is 1.69 bits per heavy atom. The van der Waals surface area contributed by atoms with E-state index in [0.29, 0.717) is 19.0 Å². The van der Waals surface area contributed by atoms with Gasteiger partial charge in [0.25, 0.3) is 6.47 Å². The second kappa shape index (κ2) is 5.30. The van der Waals surface area contributed by atoms with Gasteiger partial charge in [-0.2, -0.15) is 0 Å². The molecule has 0 radical (unpaired) electrons. The summed E-state index contributed by atoms with van der Waals surface area (Å²) in [5, 5.41) is 0. The van der Waals surface area contributed by atoms with Crippen molar-refractivity contribution in [3.8, 4) is 0 Å². The minimum atomic E-state index is 0.342. The fourth-order valence-corrected chi connectivity index (χ4v) is 1.18. The van der Waals surface area contributed by atoms with E-state index in [1.807, 2.05) is 25.3 Å². The van der Waals surface area contributed by atoms with Gasteiger partial charge >= 0.3 is 0 Å². The second-order valence-corrected chi connectivity index (χ2v) is 3.10. The van der Waals surface area contributed by atoms with Crippen molar-refractivity contribution in [3.05, 3.63) is 30.1 Å². The van der Waals surface area contributed by atoms with Gasteiger partial charge in [0.15, 0.2) is 0 Å². The van der Waals surface area contributed by atoms with Crippen LogP contribution in [0.4, 0.5) is 0 Å². The van der Waals surface area contributed by atoms with Crippen LogP contribution in [0.3, 0.4) is 0 Å². The maximum absolute atomic E-state index is 9.93. The molecule has 0 saturated heterocycles. The molecule has 1 unspecified atom stereocenters. The fourth-order valence-electron chi connectivity index (χ4n) is 1.18. The third-order valence-electron chi connectivity index (χ3n) is 1.76. The summed E-state index contributed by atoms with van der Waals surface area (Å²) in [6.45, 7) is 2.99. The fraction of sp³-hybridized carbons (Fsp3) is 0.400. The lowest BCUT2D eigenvalue weighted by Crippen LogP contribution is -2.08. The van der Waals surface area contributed by atoms with Crippen molar-refractivity contribution in [1.29, 1.82) is 0 Å². The first kappa shape index (κ1) is 9.71. The Balaban J connectivity index is 2.36. The summed E-state index contributed by atoms with van der Waals surface area (Å²) in [6.07, 6.45) is 4.47. The van der Waals surface area contributed by atoms with E-state index in [0.717, 1.165) is 6.42 Å². The number of carbonyl (C=O) groups is 1. The maximum Gasteiger partial charge on any atom is 0.293 e. The average Bonchev–Trinajstić information content (AvgIpc) is 2.16. The number of rotatable bonds is 5. The predicted molar refractivity (Wildman–Crippen MR) is 49.1 cm³/mol. The van der Waals surface area contributed by atoms with Crippen LogP contribution in [0.25, 0.3) is 0 Å². The molecule has 3 nitrogen and oxygen atoms in total. The quantitative estimate of drug-likeness (QED) is 0.642. The summed E-state index contributed by atoms with van der Waals surface area (Å²) in [5.41, 5.74) is 1.17. The molecule has 0 aliphatic heterocycles. The van der Waals surface area contributed by atoms with Gasteiger partial charge in [0, 0.05) is 12.4 Å². The lowest BCUT2D eigenvalue weighted by Gasteiger charge is -2.08. The zero-order valence-corrected chi connectivity index (χ0v) is 7.64. The van der Waals surface area contributed by atoms with E-state index < -0.39 is 0 Å². The van der Waals surface area contributed by atoms with Gasteiger partial charge in [0.05, 0.1) is 6.61 Å². The monoisotopic (exact) mass is 179 g/mol. The Morgan fingerprint density at radius 2 is 2.54 bits per heavy atom. The Bertz CT molecular complexity index is 248. The highest BCUT2D eigenvalue weighted by Crippen LogP contribution is 2.06. The zero-order valence-electron chi connectivity index (χ0n) is 7.64. The first-order chi connectivity index (χ1) is 6.33. The molecule has 0 amide bonds. The highest BCUT2D eigenvalue weighted by atomic mass is 16.5. The molecule has 1 aromatic heterocycles. The number of pyridine rings is 1. The van der Waals surface area contributed by atoms with Crippen molar-refractivity contribution in [2.75, 3.05) is 6.61 Å². The van der Waals surface area contributed by atoms with Gasteiger partial charge in [-0.1, -0.05) is 13.0 Å². The number of ether oxygens (including phenoxy) is 1. The van der Waals surface area contributed by atoms with Gasteiger partial charge in [0.2, 0.25) is 0 Å². The predicted octanol–water partition coefficient (Wildman–Crippen LogP) is 1.43. The third kappa shape index (κ3) is 3.69. The van der Waals surface area contributed by atoms with Gasteiger partial charge < -0.3 is 4.74 Å². The van der Waals surface area contributed by atoms with Crippen LogP contribution in [0, 0.1) is 5.92 Å². The normalized spacial score (nSPS) is 12.1. The molecule has 70 valence electrons. The number of aromatic nitrogens is 1. The van der Waals surface area contributed by atoms with Crippen LogP contribution in [-0.4, -0.2) is 18.1 Å². The Hall–Kier alpha value is -1.38. The van der Waals surface area contributed by atoms with E-state index in [1.165, 1.54) is 5.56 Å². The molecule has 1 heterocycles. The number of hydrogen-bond acceptors (Lipinski definition) is 3.